The lowest BCUT2D eigenvalue weighted by molar-refractivity contribution is -0.144. The summed E-state index contributed by atoms with van der Waals surface area (Å²) in [5.74, 6) is -0.689. The van der Waals surface area contributed by atoms with Crippen molar-refractivity contribution in [3.05, 3.63) is 56.7 Å². The zero-order valence-corrected chi connectivity index (χ0v) is 19.6. The number of rotatable bonds is 5. The van der Waals surface area contributed by atoms with E-state index in [-0.39, 0.29) is 12.5 Å². The van der Waals surface area contributed by atoms with Gasteiger partial charge in [-0.25, -0.2) is 9.78 Å². The fraction of sp³-hybridized carbons (Fsp3) is 0.364. The lowest BCUT2D eigenvalue weighted by atomic mass is 9.89. The van der Waals surface area contributed by atoms with E-state index in [1.807, 2.05) is 36.4 Å². The maximum atomic E-state index is 12.5. The summed E-state index contributed by atoms with van der Waals surface area (Å²) in [6.45, 7) is 0. The molecule has 6 nitrogen and oxygen atoms in total. The number of benzene rings is 2. The van der Waals surface area contributed by atoms with E-state index in [0.717, 1.165) is 42.3 Å². The lowest BCUT2D eigenvalue weighted by Crippen LogP contribution is -2.49. The van der Waals surface area contributed by atoms with Crippen LogP contribution in [-0.2, 0) is 16.8 Å². The average Bonchev–Trinajstić information content (AvgIpc) is 3.12. The van der Waals surface area contributed by atoms with Gasteiger partial charge in [0.05, 0.1) is 16.7 Å². The van der Waals surface area contributed by atoms with Gasteiger partial charge in [0, 0.05) is 21.4 Å². The van der Waals surface area contributed by atoms with Gasteiger partial charge < -0.3 is 21.1 Å². The largest absolute Gasteiger partial charge is 0.480 e. The summed E-state index contributed by atoms with van der Waals surface area (Å²) in [5, 5.41) is 10.3. The molecule has 1 aromatic heterocycles. The number of aliphatic carboxylic acids is 1. The van der Waals surface area contributed by atoms with Crippen LogP contribution in [0.25, 0.3) is 11.0 Å². The fourth-order valence-electron chi connectivity index (χ4n) is 4.38. The number of fused-ring (bicyclic) bond motifs is 1. The number of nitrogens with two attached hydrogens (primary N) is 2. The van der Waals surface area contributed by atoms with Crippen molar-refractivity contribution in [1.29, 1.82) is 0 Å². The normalized spacial score (nSPS) is 17.2. The Morgan fingerprint density at radius 2 is 1.80 bits per heavy atom. The van der Waals surface area contributed by atoms with E-state index < -0.39 is 11.5 Å². The predicted octanol–water partition coefficient (Wildman–Crippen LogP) is 5.13. The number of hydrogen-bond acceptors (Lipinski definition) is 4. The Hall–Kier alpha value is -1.90. The first kappa shape index (κ1) is 21.3. The van der Waals surface area contributed by atoms with Gasteiger partial charge in [-0.1, -0.05) is 31.4 Å². The first-order valence-electron chi connectivity index (χ1n) is 10.0. The van der Waals surface area contributed by atoms with Crippen molar-refractivity contribution in [1.82, 2.24) is 9.55 Å². The molecule has 3 aromatic rings. The third-order valence-corrected chi connectivity index (χ3v) is 7.25. The van der Waals surface area contributed by atoms with Crippen LogP contribution in [0.4, 0.5) is 5.69 Å². The van der Waals surface area contributed by atoms with E-state index in [1.165, 1.54) is 6.42 Å². The number of hydrogen-bond donors (Lipinski definition) is 3. The zero-order chi connectivity index (χ0) is 21.5. The molecular formula is C22H24Br2N4O2. The van der Waals surface area contributed by atoms with E-state index >= 15 is 0 Å². The molecule has 8 heteroatoms. The van der Waals surface area contributed by atoms with Crippen LogP contribution in [0.15, 0.2) is 45.3 Å². The number of anilines is 1. The Morgan fingerprint density at radius 3 is 2.43 bits per heavy atom. The van der Waals surface area contributed by atoms with Gasteiger partial charge in [-0.3, -0.25) is 0 Å². The minimum Gasteiger partial charge on any atom is -0.480 e. The van der Waals surface area contributed by atoms with Crippen molar-refractivity contribution in [3.8, 4) is 0 Å². The molecule has 1 saturated carbocycles. The highest BCUT2D eigenvalue weighted by Gasteiger charge is 2.42. The van der Waals surface area contributed by atoms with Crippen LogP contribution in [0.1, 0.15) is 49.5 Å². The number of imidazole rings is 1. The topological polar surface area (TPSA) is 107 Å². The predicted molar refractivity (Wildman–Crippen MR) is 125 cm³/mol. The van der Waals surface area contributed by atoms with Gasteiger partial charge in [0.2, 0.25) is 0 Å². The minimum absolute atomic E-state index is 0.0931. The van der Waals surface area contributed by atoms with Crippen molar-refractivity contribution < 1.29 is 9.90 Å². The molecule has 0 radical (unpaired) electrons. The van der Waals surface area contributed by atoms with Crippen molar-refractivity contribution >= 4 is 54.5 Å². The van der Waals surface area contributed by atoms with Crippen molar-refractivity contribution in [2.24, 2.45) is 5.73 Å². The monoisotopic (exact) mass is 534 g/mol. The quantitative estimate of drug-likeness (QED) is 0.392. The molecule has 0 aliphatic heterocycles. The summed E-state index contributed by atoms with van der Waals surface area (Å²) < 4.78 is 3.48. The highest BCUT2D eigenvalue weighted by molar-refractivity contribution is 9.11. The maximum Gasteiger partial charge on any atom is 0.331 e. The van der Waals surface area contributed by atoms with E-state index in [0.29, 0.717) is 20.5 Å². The van der Waals surface area contributed by atoms with Crippen molar-refractivity contribution in [2.75, 3.05) is 5.73 Å². The molecule has 0 bridgehead atoms. The molecule has 1 heterocycles. The van der Waals surface area contributed by atoms with Gasteiger partial charge in [-0.05, 0) is 74.5 Å². The standard InChI is InChI=1S/C22H24Br2N4O2/c23-15-10-13(11-16(24)19(15)25)12-22(26,21(29)30)20-27-17-8-4-5-9-18(17)28(20)14-6-2-1-3-7-14/h4-5,8-11,14H,1-3,6-7,12,25-26H2,(H,29,30)/t22-/m1/s1. The average molecular weight is 536 g/mol. The lowest BCUT2D eigenvalue weighted by Gasteiger charge is -2.31. The summed E-state index contributed by atoms with van der Waals surface area (Å²) in [6.07, 6.45) is 5.55. The molecular weight excluding hydrogens is 512 g/mol. The van der Waals surface area contributed by atoms with Crippen LogP contribution >= 0.6 is 31.9 Å². The molecule has 1 fully saturated rings. The van der Waals surface area contributed by atoms with E-state index in [9.17, 15) is 9.90 Å². The highest BCUT2D eigenvalue weighted by atomic mass is 79.9. The molecule has 4 rings (SSSR count). The molecule has 0 unspecified atom stereocenters. The first-order chi connectivity index (χ1) is 14.3. The molecule has 1 aliphatic rings. The van der Waals surface area contributed by atoms with Gasteiger partial charge in [-0.2, -0.15) is 0 Å². The molecule has 0 spiro atoms. The summed E-state index contributed by atoms with van der Waals surface area (Å²) >= 11 is 6.88. The Morgan fingerprint density at radius 1 is 1.17 bits per heavy atom. The van der Waals surface area contributed by atoms with Crippen molar-refractivity contribution in [3.63, 3.8) is 0 Å². The SMILES string of the molecule is Nc1c(Br)cc(C[C@](N)(C(=O)O)c2nc3ccccc3n2C2CCCCC2)cc1Br. The summed E-state index contributed by atoms with van der Waals surface area (Å²) in [6, 6.07) is 11.6. The summed E-state index contributed by atoms with van der Waals surface area (Å²) in [7, 11) is 0. The number of carbonyl (C=O) groups is 1. The molecule has 0 saturated heterocycles. The smallest absolute Gasteiger partial charge is 0.331 e. The second kappa shape index (κ2) is 8.32. The number of carboxylic acid groups (broad SMARTS) is 1. The van der Waals surface area contributed by atoms with E-state index in [1.54, 1.807) is 0 Å². The van der Waals surface area contributed by atoms with E-state index in [4.69, 9.17) is 16.5 Å². The van der Waals surface area contributed by atoms with Crippen molar-refractivity contribution in [2.45, 2.75) is 50.1 Å². The van der Waals surface area contributed by atoms with Crippen LogP contribution < -0.4 is 11.5 Å². The van der Waals surface area contributed by atoms with Crippen LogP contribution in [0.5, 0.6) is 0 Å². The minimum atomic E-state index is -1.68. The molecule has 0 amide bonds. The molecule has 1 atom stereocenters. The Kier molecular flexibility index (Phi) is 5.92. The number of halogens is 2. The van der Waals surface area contributed by atoms with Gasteiger partial charge in [0.15, 0.2) is 5.54 Å². The van der Waals surface area contributed by atoms with Gasteiger partial charge in [0.25, 0.3) is 0 Å². The third kappa shape index (κ3) is 3.76. The Labute approximate surface area is 191 Å². The fourth-order valence-corrected chi connectivity index (χ4v) is 5.66. The van der Waals surface area contributed by atoms with Gasteiger partial charge >= 0.3 is 5.97 Å². The van der Waals surface area contributed by atoms with Crippen LogP contribution in [-0.4, -0.2) is 20.6 Å². The van der Waals surface area contributed by atoms with Crippen LogP contribution in [0.2, 0.25) is 0 Å². The maximum absolute atomic E-state index is 12.5. The zero-order valence-electron chi connectivity index (χ0n) is 16.4. The summed E-state index contributed by atoms with van der Waals surface area (Å²) in [5.41, 5.74) is 14.0. The van der Waals surface area contributed by atoms with Gasteiger partial charge in [0.1, 0.15) is 5.82 Å². The van der Waals surface area contributed by atoms with Crippen LogP contribution in [0, 0.1) is 0 Å². The second-order valence-corrected chi connectivity index (χ2v) is 9.72. The van der Waals surface area contributed by atoms with E-state index in [2.05, 4.69) is 36.4 Å². The number of carboxylic acids is 1. The highest BCUT2D eigenvalue weighted by Crippen LogP contribution is 2.37. The molecule has 5 N–H and O–H groups in total. The molecule has 2 aromatic carbocycles. The Bertz CT molecular complexity index is 1080. The summed E-state index contributed by atoms with van der Waals surface area (Å²) in [4.78, 5) is 17.3. The molecule has 1 aliphatic carbocycles. The molecule has 158 valence electrons. The second-order valence-electron chi connectivity index (χ2n) is 8.01. The molecule has 30 heavy (non-hydrogen) atoms. The number of aromatic nitrogens is 2. The number of para-hydroxylation sites is 2. The van der Waals surface area contributed by atoms with Gasteiger partial charge in [-0.15, -0.1) is 0 Å². The Balaban J connectivity index is 1.87. The first-order valence-corrected chi connectivity index (χ1v) is 11.6. The third-order valence-electron chi connectivity index (χ3n) is 5.94. The number of nitrogen functional groups attached to an aromatic ring is 1. The van der Waals surface area contributed by atoms with Crippen LogP contribution in [0.3, 0.4) is 0 Å². The number of nitrogens with zero attached hydrogens (tertiary/aromatic N) is 2.